The van der Waals surface area contributed by atoms with E-state index in [2.05, 4.69) is 20.0 Å². The summed E-state index contributed by atoms with van der Waals surface area (Å²) in [6, 6.07) is 22.4. The number of carbonyl (C=O) groups is 1. The van der Waals surface area contributed by atoms with Crippen molar-refractivity contribution in [2.75, 3.05) is 18.7 Å². The highest BCUT2D eigenvalue weighted by Gasteiger charge is 2.23. The number of ether oxygens (including phenoxy) is 1. The zero-order valence-corrected chi connectivity index (χ0v) is 19.0. The molecule has 8 nitrogen and oxygen atoms in total. The first-order chi connectivity index (χ1) is 15.8. The number of hydrogen-bond donors (Lipinski definition) is 3. The highest BCUT2D eigenvalue weighted by atomic mass is 32.2. The van der Waals surface area contributed by atoms with Crippen LogP contribution < -0.4 is 10.0 Å². The van der Waals surface area contributed by atoms with Gasteiger partial charge in [0.2, 0.25) is 16.0 Å². The number of nitrogens with one attached hydrogen (secondary N) is 3. The molecule has 9 heteroatoms. The number of anilines is 2. The van der Waals surface area contributed by atoms with Crippen LogP contribution in [0, 0.1) is 0 Å². The van der Waals surface area contributed by atoms with Gasteiger partial charge in [0.05, 0.1) is 24.4 Å². The SMILES string of the molecule is COC(=O)C(Cc1ccc(-c2cccc(Nc3nc4ccccc4[nH]3)c2)cc1)NS(C)(=O)=O. The van der Waals surface area contributed by atoms with E-state index in [0.717, 1.165) is 39.7 Å². The summed E-state index contributed by atoms with van der Waals surface area (Å²) in [5.74, 6) is 0.0322. The molecule has 0 aliphatic heterocycles. The Morgan fingerprint density at radius 2 is 1.79 bits per heavy atom. The predicted octanol–water partition coefficient (Wildman–Crippen LogP) is 3.61. The number of H-pyrrole nitrogens is 1. The molecule has 170 valence electrons. The molecular formula is C24H24N4O4S. The van der Waals surface area contributed by atoms with Crippen LogP contribution in [0.4, 0.5) is 11.6 Å². The quantitative estimate of drug-likeness (QED) is 0.343. The van der Waals surface area contributed by atoms with Crippen LogP contribution in [0.15, 0.2) is 72.8 Å². The van der Waals surface area contributed by atoms with Crippen molar-refractivity contribution >= 4 is 38.7 Å². The Balaban J connectivity index is 1.50. The lowest BCUT2D eigenvalue weighted by atomic mass is 10.0. The number of nitrogens with zero attached hydrogens (tertiary/aromatic N) is 1. The van der Waals surface area contributed by atoms with Gasteiger partial charge in [0, 0.05) is 5.69 Å². The number of benzene rings is 3. The van der Waals surface area contributed by atoms with Gasteiger partial charge in [0.15, 0.2) is 0 Å². The summed E-state index contributed by atoms with van der Waals surface area (Å²) in [7, 11) is -2.32. The molecule has 1 heterocycles. The van der Waals surface area contributed by atoms with Gasteiger partial charge in [-0.15, -0.1) is 0 Å². The van der Waals surface area contributed by atoms with Crippen LogP contribution in [0.5, 0.6) is 0 Å². The molecule has 0 aliphatic rings. The van der Waals surface area contributed by atoms with Gasteiger partial charge in [-0.25, -0.2) is 18.1 Å². The van der Waals surface area contributed by atoms with Gasteiger partial charge in [-0.1, -0.05) is 48.5 Å². The number of aromatic amines is 1. The monoisotopic (exact) mass is 464 g/mol. The number of imidazole rings is 1. The summed E-state index contributed by atoms with van der Waals surface area (Å²) < 4.78 is 30.2. The molecule has 3 N–H and O–H groups in total. The molecule has 4 rings (SSSR count). The highest BCUT2D eigenvalue weighted by Crippen LogP contribution is 2.25. The van der Waals surface area contributed by atoms with Crippen LogP contribution in [0.1, 0.15) is 5.56 Å². The molecule has 0 saturated heterocycles. The lowest BCUT2D eigenvalue weighted by molar-refractivity contribution is -0.142. The van der Waals surface area contributed by atoms with Crippen molar-refractivity contribution in [3.63, 3.8) is 0 Å². The highest BCUT2D eigenvalue weighted by molar-refractivity contribution is 7.88. The van der Waals surface area contributed by atoms with Gasteiger partial charge < -0.3 is 15.0 Å². The second-order valence-electron chi connectivity index (χ2n) is 7.68. The van der Waals surface area contributed by atoms with Crippen LogP contribution in [-0.2, 0) is 26.0 Å². The summed E-state index contributed by atoms with van der Waals surface area (Å²) in [6.45, 7) is 0. The molecule has 0 saturated carbocycles. The van der Waals surface area contributed by atoms with E-state index in [-0.39, 0.29) is 6.42 Å². The summed E-state index contributed by atoms with van der Waals surface area (Å²) >= 11 is 0. The number of carbonyl (C=O) groups excluding carboxylic acids is 1. The molecule has 3 aromatic carbocycles. The minimum absolute atomic E-state index is 0.188. The Bertz CT molecular complexity index is 1350. The van der Waals surface area contributed by atoms with E-state index in [1.165, 1.54) is 7.11 Å². The normalized spacial score (nSPS) is 12.4. The molecule has 33 heavy (non-hydrogen) atoms. The Kier molecular flexibility index (Phi) is 6.43. The summed E-state index contributed by atoms with van der Waals surface area (Å²) in [4.78, 5) is 19.8. The lowest BCUT2D eigenvalue weighted by Crippen LogP contribution is -2.42. The Morgan fingerprint density at radius 1 is 1.03 bits per heavy atom. The van der Waals surface area contributed by atoms with E-state index >= 15 is 0 Å². The van der Waals surface area contributed by atoms with Crippen molar-refractivity contribution in [2.24, 2.45) is 0 Å². The van der Waals surface area contributed by atoms with E-state index in [0.29, 0.717) is 5.95 Å². The van der Waals surface area contributed by atoms with Gasteiger partial charge in [-0.05, 0) is 47.4 Å². The van der Waals surface area contributed by atoms with Gasteiger partial charge >= 0.3 is 5.97 Å². The molecule has 1 unspecified atom stereocenters. The molecule has 0 aliphatic carbocycles. The minimum Gasteiger partial charge on any atom is -0.468 e. The Morgan fingerprint density at radius 3 is 2.48 bits per heavy atom. The number of methoxy groups -OCH3 is 1. The number of hydrogen-bond acceptors (Lipinski definition) is 6. The molecular weight excluding hydrogens is 440 g/mol. The van der Waals surface area contributed by atoms with Crippen LogP contribution in [0.2, 0.25) is 0 Å². The molecule has 0 radical (unpaired) electrons. The summed E-state index contributed by atoms with van der Waals surface area (Å²) in [6.07, 6.45) is 1.20. The van der Waals surface area contributed by atoms with Crippen molar-refractivity contribution in [1.82, 2.24) is 14.7 Å². The third-order valence-corrected chi connectivity index (χ3v) is 5.80. The average Bonchev–Trinajstić information content (AvgIpc) is 3.20. The number of aromatic nitrogens is 2. The maximum atomic E-state index is 12.0. The fraction of sp³-hybridized carbons (Fsp3) is 0.167. The van der Waals surface area contributed by atoms with Crippen LogP contribution in [0.3, 0.4) is 0 Å². The molecule has 0 spiro atoms. The smallest absolute Gasteiger partial charge is 0.324 e. The third-order valence-electron chi connectivity index (χ3n) is 5.08. The first kappa shape index (κ1) is 22.5. The standard InChI is InChI=1S/C24H24N4O4S/c1-32-23(29)22(28-33(2,30)31)14-16-10-12-17(13-11-16)18-6-5-7-19(15-18)25-24-26-20-8-3-4-9-21(20)27-24/h3-13,15,22,28H,14H2,1-2H3,(H2,25,26,27). The zero-order chi connectivity index (χ0) is 23.4. The molecule has 4 aromatic rings. The second-order valence-corrected chi connectivity index (χ2v) is 9.46. The van der Waals surface area contributed by atoms with E-state index in [4.69, 9.17) is 4.74 Å². The number of para-hydroxylation sites is 2. The van der Waals surface area contributed by atoms with Crippen molar-refractivity contribution in [3.05, 3.63) is 78.4 Å². The van der Waals surface area contributed by atoms with Gasteiger partial charge in [0.25, 0.3) is 0 Å². The molecule has 0 fully saturated rings. The van der Waals surface area contributed by atoms with Crippen molar-refractivity contribution < 1.29 is 17.9 Å². The van der Waals surface area contributed by atoms with E-state index < -0.39 is 22.0 Å². The Hall–Kier alpha value is -3.69. The second kappa shape index (κ2) is 9.43. The maximum Gasteiger partial charge on any atom is 0.324 e. The first-order valence-electron chi connectivity index (χ1n) is 10.3. The van der Waals surface area contributed by atoms with Gasteiger partial charge in [-0.2, -0.15) is 0 Å². The van der Waals surface area contributed by atoms with Crippen LogP contribution in [0.25, 0.3) is 22.2 Å². The topological polar surface area (TPSA) is 113 Å². The fourth-order valence-corrected chi connectivity index (χ4v) is 4.26. The third kappa shape index (κ3) is 5.76. The largest absolute Gasteiger partial charge is 0.468 e. The molecule has 1 atom stereocenters. The summed E-state index contributed by atoms with van der Waals surface area (Å²) in [5, 5.41) is 3.30. The maximum absolute atomic E-state index is 12.0. The van der Waals surface area contributed by atoms with E-state index in [9.17, 15) is 13.2 Å². The number of sulfonamides is 1. The molecule has 0 amide bonds. The lowest BCUT2D eigenvalue weighted by Gasteiger charge is -2.15. The van der Waals surface area contributed by atoms with Gasteiger partial charge in [0.1, 0.15) is 6.04 Å². The minimum atomic E-state index is -3.55. The predicted molar refractivity (Wildman–Crippen MR) is 129 cm³/mol. The fourth-order valence-electron chi connectivity index (χ4n) is 3.57. The van der Waals surface area contributed by atoms with Crippen molar-refractivity contribution in [2.45, 2.75) is 12.5 Å². The van der Waals surface area contributed by atoms with Crippen molar-refractivity contribution in [1.29, 1.82) is 0 Å². The number of fused-ring (bicyclic) bond motifs is 1. The Labute approximate surface area is 192 Å². The molecule has 1 aromatic heterocycles. The number of rotatable bonds is 8. The van der Waals surface area contributed by atoms with Gasteiger partial charge in [-0.3, -0.25) is 4.79 Å². The van der Waals surface area contributed by atoms with Crippen LogP contribution >= 0.6 is 0 Å². The molecule has 0 bridgehead atoms. The van der Waals surface area contributed by atoms with Crippen molar-refractivity contribution in [3.8, 4) is 11.1 Å². The number of esters is 1. The zero-order valence-electron chi connectivity index (χ0n) is 18.2. The first-order valence-corrected chi connectivity index (χ1v) is 12.2. The van der Waals surface area contributed by atoms with E-state index in [1.54, 1.807) is 0 Å². The van der Waals surface area contributed by atoms with E-state index in [1.807, 2.05) is 72.8 Å². The average molecular weight is 465 g/mol. The van der Waals surface area contributed by atoms with Crippen LogP contribution in [-0.4, -0.2) is 43.8 Å². The summed E-state index contributed by atoms with van der Waals surface area (Å²) in [5.41, 5.74) is 5.53.